The summed E-state index contributed by atoms with van der Waals surface area (Å²) in [6.45, 7) is 0.835. The van der Waals surface area contributed by atoms with Gasteiger partial charge in [-0.25, -0.2) is 0 Å². The molecule has 1 aromatic heterocycles. The predicted molar refractivity (Wildman–Crippen MR) is 113 cm³/mol. The fourth-order valence-electron chi connectivity index (χ4n) is 6.56. The maximum Gasteiger partial charge on any atom is 0.272 e. The zero-order chi connectivity index (χ0) is 19.1. The number of amides is 1. The zero-order valence-electron chi connectivity index (χ0n) is 16.5. The first kappa shape index (κ1) is 18.5. The molecule has 0 saturated heterocycles. The Bertz CT molecular complexity index is 839. The Labute approximate surface area is 172 Å². The Morgan fingerprint density at radius 1 is 1.07 bits per heavy atom. The topological polar surface area (TPSA) is 46.9 Å². The molecule has 4 bridgehead atoms. The zero-order valence-corrected chi connectivity index (χ0v) is 17.3. The molecule has 5 heteroatoms. The molecular weight excluding hydrogens is 370 g/mol. The van der Waals surface area contributed by atoms with E-state index in [0.717, 1.165) is 54.5 Å². The third kappa shape index (κ3) is 3.34. The normalized spacial score (nSPS) is 30.8. The van der Waals surface area contributed by atoms with Crippen LogP contribution in [-0.4, -0.2) is 27.1 Å². The molecule has 1 heterocycles. The molecule has 0 unspecified atom stereocenters. The number of hydrogen-bond donors (Lipinski definition) is 1. The molecule has 0 atom stereocenters. The number of hydrogen-bond acceptors (Lipinski definition) is 2. The quantitative estimate of drug-likeness (QED) is 0.517. The van der Waals surface area contributed by atoms with Gasteiger partial charge in [0.15, 0.2) is 5.69 Å². The molecule has 4 nitrogen and oxygen atoms in total. The van der Waals surface area contributed by atoms with Crippen molar-refractivity contribution in [2.45, 2.75) is 69.9 Å². The van der Waals surface area contributed by atoms with Crippen LogP contribution in [0.4, 0.5) is 0 Å². The van der Waals surface area contributed by atoms with Crippen molar-refractivity contribution in [2.75, 3.05) is 5.88 Å². The highest BCUT2D eigenvalue weighted by molar-refractivity contribution is 6.17. The lowest BCUT2D eigenvalue weighted by molar-refractivity contribution is -0.0167. The summed E-state index contributed by atoms with van der Waals surface area (Å²) in [5.41, 5.74) is 1.68. The highest BCUT2D eigenvalue weighted by Crippen LogP contribution is 2.55. The summed E-state index contributed by atoms with van der Waals surface area (Å²) in [6.07, 6.45) is 10.8. The molecule has 4 aliphatic carbocycles. The lowest BCUT2D eigenvalue weighted by Gasteiger charge is -2.56. The minimum atomic E-state index is 0.0249. The summed E-state index contributed by atoms with van der Waals surface area (Å²) in [5, 5.41) is 9.22. The molecule has 6 rings (SSSR count). The van der Waals surface area contributed by atoms with Gasteiger partial charge in [0.05, 0.1) is 5.52 Å². The van der Waals surface area contributed by atoms with Gasteiger partial charge in [-0.2, -0.15) is 5.10 Å². The fourth-order valence-corrected chi connectivity index (χ4v) is 6.75. The van der Waals surface area contributed by atoms with E-state index < -0.39 is 0 Å². The maximum absolute atomic E-state index is 13.3. The van der Waals surface area contributed by atoms with Gasteiger partial charge in [0.2, 0.25) is 0 Å². The standard InChI is InChI=1S/C23H30ClN3O/c24-8-4-1-5-9-27-20-7-3-2-6-19(20)21(26-27)22(28)25-23-13-16-10-17(14-23)12-18(11-16)15-23/h2-3,6-7,16-18H,1,4-5,8-15H2,(H,25,28). The number of halogens is 1. The molecule has 4 fully saturated rings. The Hall–Kier alpha value is -1.55. The van der Waals surface area contributed by atoms with E-state index in [9.17, 15) is 4.79 Å². The third-order valence-corrected chi connectivity index (χ3v) is 7.56. The fraction of sp³-hybridized carbons (Fsp3) is 0.652. The molecule has 28 heavy (non-hydrogen) atoms. The van der Waals surface area contributed by atoms with Gasteiger partial charge in [-0.1, -0.05) is 24.6 Å². The number of fused-ring (bicyclic) bond motifs is 1. The van der Waals surface area contributed by atoms with Crippen molar-refractivity contribution in [3.63, 3.8) is 0 Å². The van der Waals surface area contributed by atoms with Crippen LogP contribution >= 0.6 is 11.6 Å². The molecular formula is C23H30ClN3O. The van der Waals surface area contributed by atoms with E-state index in [1.807, 2.05) is 22.9 Å². The molecule has 2 aromatic rings. The largest absolute Gasteiger partial charge is 0.345 e. The Kier molecular flexibility index (Phi) is 4.86. The Balaban J connectivity index is 1.37. The van der Waals surface area contributed by atoms with Crippen LogP contribution in [0.3, 0.4) is 0 Å². The number of aryl methyl sites for hydroxylation is 1. The van der Waals surface area contributed by atoms with Crippen molar-refractivity contribution in [1.29, 1.82) is 0 Å². The third-order valence-electron chi connectivity index (χ3n) is 7.29. The number of carbonyl (C=O) groups excluding carboxylic acids is 1. The lowest BCUT2D eigenvalue weighted by Crippen LogP contribution is -2.59. The van der Waals surface area contributed by atoms with Crippen LogP contribution in [0.1, 0.15) is 68.3 Å². The van der Waals surface area contributed by atoms with Crippen LogP contribution in [-0.2, 0) is 6.54 Å². The van der Waals surface area contributed by atoms with Gasteiger partial charge in [-0.3, -0.25) is 9.48 Å². The number of alkyl halides is 1. The molecule has 4 aliphatic rings. The van der Waals surface area contributed by atoms with Crippen molar-refractivity contribution in [1.82, 2.24) is 15.1 Å². The van der Waals surface area contributed by atoms with Crippen molar-refractivity contribution in [3.05, 3.63) is 30.0 Å². The van der Waals surface area contributed by atoms with E-state index in [-0.39, 0.29) is 11.4 Å². The van der Waals surface area contributed by atoms with E-state index in [0.29, 0.717) is 11.6 Å². The maximum atomic E-state index is 13.3. The predicted octanol–water partition coefficient (Wildman–Crippen LogP) is 5.14. The summed E-state index contributed by atoms with van der Waals surface area (Å²) in [6, 6.07) is 8.14. The number of nitrogens with one attached hydrogen (secondary N) is 1. The second-order valence-electron chi connectivity index (χ2n) is 9.49. The summed E-state index contributed by atoms with van der Waals surface area (Å²) in [7, 11) is 0. The first-order valence-electron chi connectivity index (χ1n) is 11.0. The molecule has 1 aromatic carbocycles. The van der Waals surface area contributed by atoms with E-state index in [4.69, 9.17) is 16.7 Å². The van der Waals surface area contributed by atoms with E-state index in [1.54, 1.807) is 0 Å². The Morgan fingerprint density at radius 2 is 1.75 bits per heavy atom. The number of nitrogens with zero attached hydrogens (tertiary/aromatic N) is 2. The van der Waals surface area contributed by atoms with Crippen molar-refractivity contribution in [2.24, 2.45) is 17.8 Å². The molecule has 0 aliphatic heterocycles. The van der Waals surface area contributed by atoms with Crippen LogP contribution in [0.2, 0.25) is 0 Å². The molecule has 4 saturated carbocycles. The van der Waals surface area contributed by atoms with E-state index in [1.165, 1.54) is 38.5 Å². The van der Waals surface area contributed by atoms with Crippen LogP contribution in [0.15, 0.2) is 24.3 Å². The van der Waals surface area contributed by atoms with Gasteiger partial charge < -0.3 is 5.32 Å². The number of unbranched alkanes of at least 4 members (excludes halogenated alkanes) is 2. The first-order valence-corrected chi connectivity index (χ1v) is 11.5. The highest BCUT2D eigenvalue weighted by Gasteiger charge is 2.51. The summed E-state index contributed by atoms with van der Waals surface area (Å²) < 4.78 is 2.01. The van der Waals surface area contributed by atoms with Crippen LogP contribution in [0, 0.1) is 17.8 Å². The second kappa shape index (κ2) is 7.37. The van der Waals surface area contributed by atoms with Gasteiger partial charge in [0.1, 0.15) is 0 Å². The monoisotopic (exact) mass is 399 g/mol. The minimum Gasteiger partial charge on any atom is -0.345 e. The number of carbonyl (C=O) groups is 1. The van der Waals surface area contributed by atoms with E-state index in [2.05, 4.69) is 11.4 Å². The summed E-state index contributed by atoms with van der Waals surface area (Å²) >= 11 is 5.80. The smallest absolute Gasteiger partial charge is 0.272 e. The van der Waals surface area contributed by atoms with Crippen molar-refractivity contribution >= 4 is 28.4 Å². The molecule has 150 valence electrons. The van der Waals surface area contributed by atoms with Crippen molar-refractivity contribution in [3.8, 4) is 0 Å². The Morgan fingerprint density at radius 3 is 2.43 bits per heavy atom. The van der Waals surface area contributed by atoms with Crippen LogP contribution in [0.5, 0.6) is 0 Å². The second-order valence-corrected chi connectivity index (χ2v) is 9.87. The number of rotatable bonds is 7. The summed E-state index contributed by atoms with van der Waals surface area (Å²) in [4.78, 5) is 13.3. The van der Waals surface area contributed by atoms with E-state index >= 15 is 0 Å². The van der Waals surface area contributed by atoms with Gasteiger partial charge in [-0.15, -0.1) is 11.6 Å². The van der Waals surface area contributed by atoms with Crippen LogP contribution in [0.25, 0.3) is 10.9 Å². The molecule has 0 spiro atoms. The van der Waals surface area contributed by atoms with Crippen LogP contribution < -0.4 is 5.32 Å². The number of para-hydroxylation sites is 1. The summed E-state index contributed by atoms with van der Waals surface area (Å²) in [5.74, 6) is 3.20. The molecule has 1 N–H and O–H groups in total. The molecule has 1 amide bonds. The van der Waals surface area contributed by atoms with Gasteiger partial charge in [0.25, 0.3) is 5.91 Å². The molecule has 0 radical (unpaired) electrons. The minimum absolute atomic E-state index is 0.0249. The lowest BCUT2D eigenvalue weighted by atomic mass is 9.53. The van der Waals surface area contributed by atoms with Gasteiger partial charge in [0, 0.05) is 23.3 Å². The van der Waals surface area contributed by atoms with Gasteiger partial charge >= 0.3 is 0 Å². The average Bonchev–Trinajstić information content (AvgIpc) is 3.03. The van der Waals surface area contributed by atoms with Crippen molar-refractivity contribution < 1.29 is 4.79 Å². The van der Waals surface area contributed by atoms with Gasteiger partial charge in [-0.05, 0) is 75.2 Å². The average molecular weight is 400 g/mol. The number of aromatic nitrogens is 2. The number of benzene rings is 1. The highest BCUT2D eigenvalue weighted by atomic mass is 35.5. The first-order chi connectivity index (χ1) is 13.7. The SMILES string of the molecule is O=C(NC12CC3CC(CC(C3)C1)C2)c1nn(CCCCCCl)c2ccccc12.